The monoisotopic (exact) mass is 496 g/mol. The maximum Gasteiger partial charge on any atom is 0.325 e. The van der Waals surface area contributed by atoms with Crippen LogP contribution in [0.1, 0.15) is 49.7 Å². The first kappa shape index (κ1) is 24.3. The van der Waals surface area contributed by atoms with Crippen LogP contribution in [0.25, 0.3) is 0 Å². The Morgan fingerprint density at radius 1 is 1.09 bits per heavy atom. The van der Waals surface area contributed by atoms with Gasteiger partial charge in [-0.15, -0.1) is 0 Å². The molecular formula is C27H36N4O3S. The Labute approximate surface area is 209 Å². The number of urea groups is 1. The van der Waals surface area contributed by atoms with Crippen molar-refractivity contribution in [2.24, 2.45) is 5.92 Å². The summed E-state index contributed by atoms with van der Waals surface area (Å²) in [5.41, 5.74) is 2.57. The van der Waals surface area contributed by atoms with Gasteiger partial charge in [0.1, 0.15) is 0 Å². The molecule has 0 radical (unpaired) electrons. The third-order valence-corrected chi connectivity index (χ3v) is 9.51. The van der Waals surface area contributed by atoms with Crippen LogP contribution in [0.3, 0.4) is 0 Å². The van der Waals surface area contributed by atoms with E-state index in [1.54, 1.807) is 12.3 Å². The van der Waals surface area contributed by atoms with Gasteiger partial charge in [-0.3, -0.25) is 9.80 Å². The molecule has 1 aromatic heterocycles. The molecular weight excluding hydrogens is 460 g/mol. The number of carbonyl (C=O) groups excluding carboxylic acids is 1. The lowest BCUT2D eigenvalue weighted by atomic mass is 9.68. The van der Waals surface area contributed by atoms with Gasteiger partial charge < -0.3 is 4.90 Å². The minimum Gasteiger partial charge on any atom is -0.317 e. The molecule has 1 aromatic carbocycles. The molecule has 0 atom stereocenters. The molecule has 2 heterocycles. The van der Waals surface area contributed by atoms with Crippen molar-refractivity contribution in [1.82, 2.24) is 14.8 Å². The molecule has 1 aliphatic heterocycles. The summed E-state index contributed by atoms with van der Waals surface area (Å²) in [7, 11) is 0.927. The summed E-state index contributed by atoms with van der Waals surface area (Å²) in [5, 5.41) is 0.0474. The summed E-state index contributed by atoms with van der Waals surface area (Å²) in [6.45, 7) is 3.30. The zero-order valence-electron chi connectivity index (χ0n) is 21.2. The summed E-state index contributed by atoms with van der Waals surface area (Å²) in [6.07, 6.45) is 8.94. The highest BCUT2D eigenvalue weighted by molar-refractivity contribution is 7.90. The number of anilines is 1. The Balaban J connectivity index is 1.47. The molecule has 2 aliphatic carbocycles. The molecule has 2 saturated carbocycles. The van der Waals surface area contributed by atoms with Crippen molar-refractivity contribution in [1.29, 1.82) is 0 Å². The summed E-state index contributed by atoms with van der Waals surface area (Å²) in [6, 6.07) is 12.4. The van der Waals surface area contributed by atoms with E-state index < -0.39 is 9.84 Å². The minimum absolute atomic E-state index is 0.0333. The molecule has 0 bridgehead atoms. The molecule has 0 unspecified atom stereocenters. The molecule has 2 amide bonds. The molecule has 0 N–H and O–H groups in total. The average Bonchev–Trinajstić information content (AvgIpc) is 3.61. The molecule has 5 rings (SSSR count). The highest BCUT2D eigenvalue weighted by Crippen LogP contribution is 2.50. The third-order valence-electron chi connectivity index (χ3n) is 8.53. The summed E-state index contributed by atoms with van der Waals surface area (Å²) < 4.78 is 24.0. The lowest BCUT2D eigenvalue weighted by molar-refractivity contribution is 0.0249. The number of aromatic nitrogens is 1. The molecule has 8 heteroatoms. The highest BCUT2D eigenvalue weighted by Gasteiger charge is 2.55. The van der Waals surface area contributed by atoms with Crippen LogP contribution >= 0.6 is 0 Å². The quantitative estimate of drug-likeness (QED) is 0.599. The van der Waals surface area contributed by atoms with E-state index in [0.29, 0.717) is 18.2 Å². The topological polar surface area (TPSA) is 73.8 Å². The van der Waals surface area contributed by atoms with Gasteiger partial charge in [0.25, 0.3) is 0 Å². The number of benzene rings is 1. The molecule has 3 aliphatic rings. The smallest absolute Gasteiger partial charge is 0.317 e. The summed E-state index contributed by atoms with van der Waals surface area (Å²) in [5.74, 6) is 0.595. The molecule has 3 fully saturated rings. The normalized spacial score (nSPS) is 27.3. The second kappa shape index (κ2) is 8.59. The highest BCUT2D eigenvalue weighted by atomic mass is 32.2. The Bertz CT molecular complexity index is 1220. The number of aryl methyl sites for hydroxylation is 1. The molecule has 35 heavy (non-hydrogen) atoms. The Morgan fingerprint density at radius 3 is 2.29 bits per heavy atom. The van der Waals surface area contributed by atoms with Gasteiger partial charge in [-0.05, 0) is 82.7 Å². The van der Waals surface area contributed by atoms with Gasteiger partial charge in [0, 0.05) is 18.3 Å². The number of carbonyl (C=O) groups is 1. The van der Waals surface area contributed by atoms with Crippen molar-refractivity contribution in [2.45, 2.75) is 61.6 Å². The first-order valence-corrected chi connectivity index (χ1v) is 14.4. The van der Waals surface area contributed by atoms with Crippen molar-refractivity contribution in [3.05, 3.63) is 53.7 Å². The largest absolute Gasteiger partial charge is 0.325 e. The fraction of sp³-hybridized carbons (Fsp3) is 0.556. The van der Waals surface area contributed by atoms with Gasteiger partial charge in [0.15, 0.2) is 14.9 Å². The summed E-state index contributed by atoms with van der Waals surface area (Å²) >= 11 is 0. The van der Waals surface area contributed by atoms with E-state index in [-0.39, 0.29) is 22.1 Å². The van der Waals surface area contributed by atoms with Crippen molar-refractivity contribution >= 4 is 21.6 Å². The second-order valence-corrected chi connectivity index (χ2v) is 13.0. The fourth-order valence-corrected chi connectivity index (χ4v) is 6.76. The lowest BCUT2D eigenvalue weighted by Crippen LogP contribution is -2.55. The molecule has 7 nitrogen and oxygen atoms in total. The van der Waals surface area contributed by atoms with Gasteiger partial charge in [0.05, 0.1) is 24.0 Å². The van der Waals surface area contributed by atoms with Crippen LogP contribution < -0.4 is 4.90 Å². The standard InChI is InChI=1S/C27H36N4O3S/c1-20-16-24(35(4,33)34)28-17-23(20)30-19-26(31(25(30)32)18-21-10-11-21)12-14-27(15-13-26,29(2)3)22-8-6-5-7-9-22/h5-9,16-17,21H,10-15,18-19H2,1-4H3/t26-,27+. The number of rotatable bonds is 6. The van der Waals surface area contributed by atoms with Gasteiger partial charge in [-0.2, -0.15) is 0 Å². The molecule has 2 aromatic rings. The Morgan fingerprint density at radius 2 is 1.74 bits per heavy atom. The van der Waals surface area contributed by atoms with Gasteiger partial charge in [0.2, 0.25) is 0 Å². The van der Waals surface area contributed by atoms with Crippen LogP contribution in [0.5, 0.6) is 0 Å². The predicted molar refractivity (Wildman–Crippen MR) is 137 cm³/mol. The minimum atomic E-state index is -3.40. The van der Waals surface area contributed by atoms with Crippen LogP contribution in [0.4, 0.5) is 10.5 Å². The van der Waals surface area contributed by atoms with Crippen LogP contribution in [0, 0.1) is 12.8 Å². The van der Waals surface area contributed by atoms with Crippen molar-refractivity contribution in [2.75, 3.05) is 38.3 Å². The van der Waals surface area contributed by atoms with E-state index in [9.17, 15) is 13.2 Å². The third kappa shape index (κ3) is 4.25. The average molecular weight is 497 g/mol. The van der Waals surface area contributed by atoms with E-state index in [0.717, 1.165) is 44.0 Å². The fourth-order valence-electron chi connectivity index (χ4n) is 6.12. The first-order chi connectivity index (χ1) is 16.6. The van der Waals surface area contributed by atoms with Gasteiger partial charge >= 0.3 is 6.03 Å². The van der Waals surface area contributed by atoms with E-state index in [1.165, 1.54) is 18.4 Å². The molecule has 1 spiro atoms. The Kier molecular flexibility index (Phi) is 5.95. The number of hydrogen-bond donors (Lipinski definition) is 0. The van der Waals surface area contributed by atoms with Gasteiger partial charge in [-0.1, -0.05) is 30.3 Å². The van der Waals surface area contributed by atoms with Crippen LogP contribution in [-0.2, 0) is 15.4 Å². The van der Waals surface area contributed by atoms with E-state index in [1.807, 2.05) is 11.8 Å². The SMILES string of the molecule is Cc1cc(S(C)(=O)=O)ncc1N1C[C@]2(CC[C@](c3ccccc3)(N(C)C)CC2)N(CC2CC2)C1=O. The van der Waals surface area contributed by atoms with Crippen LogP contribution in [0.2, 0.25) is 0 Å². The number of amides is 2. The van der Waals surface area contributed by atoms with Crippen LogP contribution in [0.15, 0.2) is 47.6 Å². The lowest BCUT2D eigenvalue weighted by Gasteiger charge is -2.51. The van der Waals surface area contributed by atoms with E-state index >= 15 is 0 Å². The molecule has 1 saturated heterocycles. The second-order valence-electron chi connectivity index (χ2n) is 11.0. The predicted octanol–water partition coefficient (Wildman–Crippen LogP) is 4.22. The summed E-state index contributed by atoms with van der Waals surface area (Å²) in [4.78, 5) is 24.4. The number of hydrogen-bond acceptors (Lipinski definition) is 5. The zero-order chi connectivity index (χ0) is 25.0. The first-order valence-electron chi connectivity index (χ1n) is 12.5. The van der Waals surface area contributed by atoms with Gasteiger partial charge in [-0.25, -0.2) is 18.2 Å². The van der Waals surface area contributed by atoms with Crippen molar-refractivity contribution in [3.63, 3.8) is 0 Å². The maximum atomic E-state index is 13.8. The van der Waals surface area contributed by atoms with E-state index in [2.05, 4.69) is 59.2 Å². The number of sulfone groups is 1. The van der Waals surface area contributed by atoms with Crippen LogP contribution in [-0.4, -0.2) is 68.2 Å². The zero-order valence-corrected chi connectivity index (χ0v) is 22.0. The maximum absolute atomic E-state index is 13.8. The van der Waals surface area contributed by atoms with E-state index in [4.69, 9.17) is 0 Å². The van der Waals surface area contributed by atoms with Crippen molar-refractivity contribution < 1.29 is 13.2 Å². The van der Waals surface area contributed by atoms with Crippen molar-refractivity contribution in [3.8, 4) is 0 Å². The number of nitrogens with zero attached hydrogens (tertiary/aromatic N) is 4. The Hall–Kier alpha value is -2.45. The molecule has 188 valence electrons. The number of pyridine rings is 1.